The van der Waals surface area contributed by atoms with Crippen molar-refractivity contribution in [2.45, 2.75) is 13.8 Å². The fraction of sp³-hybridized carbons (Fsp3) is 0.211. The third-order valence-electron chi connectivity index (χ3n) is 3.89. The molecule has 3 N–H and O–H groups in total. The van der Waals surface area contributed by atoms with Crippen LogP contribution in [0.5, 0.6) is 0 Å². The van der Waals surface area contributed by atoms with Crippen molar-refractivity contribution >= 4 is 22.6 Å². The maximum absolute atomic E-state index is 12.0. The van der Waals surface area contributed by atoms with Crippen LogP contribution in [-0.2, 0) is 0 Å². The number of amides is 1. The molecule has 122 valence electrons. The first-order valence-electron chi connectivity index (χ1n) is 7.99. The van der Waals surface area contributed by atoms with Crippen molar-refractivity contribution in [3.63, 3.8) is 0 Å². The topological polar surface area (TPSA) is 68.2 Å². The number of H-pyrrole nitrogens is 1. The molecular formula is C19H21N4O+. The van der Waals surface area contributed by atoms with Gasteiger partial charge in [-0.25, -0.2) is 4.98 Å². The second kappa shape index (κ2) is 7.08. The first kappa shape index (κ1) is 15.9. The average molecular weight is 321 g/mol. The number of pyridine rings is 2. The molecule has 0 saturated carbocycles. The minimum atomic E-state index is -0.0890. The van der Waals surface area contributed by atoms with Gasteiger partial charge in [0.2, 0.25) is 0 Å². The Labute approximate surface area is 141 Å². The summed E-state index contributed by atoms with van der Waals surface area (Å²) in [6, 6.07) is 11.9. The van der Waals surface area contributed by atoms with Gasteiger partial charge in [-0.15, -0.1) is 0 Å². The van der Waals surface area contributed by atoms with Crippen molar-refractivity contribution in [3.05, 3.63) is 65.5 Å². The summed E-state index contributed by atoms with van der Waals surface area (Å²) in [6.45, 7) is 5.34. The van der Waals surface area contributed by atoms with Gasteiger partial charge in [0, 0.05) is 28.9 Å². The second-order valence-corrected chi connectivity index (χ2v) is 5.84. The van der Waals surface area contributed by atoms with Crippen LogP contribution in [0.4, 0.5) is 5.82 Å². The minimum absolute atomic E-state index is 0.0890. The lowest BCUT2D eigenvalue weighted by atomic mass is 10.1. The number of carbonyl (C=O) groups is 1. The number of aromatic amines is 1. The summed E-state index contributed by atoms with van der Waals surface area (Å²) in [5.74, 6) is 0.887. The third-order valence-corrected chi connectivity index (χ3v) is 3.89. The summed E-state index contributed by atoms with van der Waals surface area (Å²) < 4.78 is 0. The lowest BCUT2D eigenvalue weighted by Gasteiger charge is -2.06. The molecule has 5 heteroatoms. The van der Waals surface area contributed by atoms with E-state index in [-0.39, 0.29) is 5.91 Å². The van der Waals surface area contributed by atoms with E-state index >= 15 is 0 Å². The van der Waals surface area contributed by atoms with Crippen LogP contribution in [-0.4, -0.2) is 24.0 Å². The second-order valence-electron chi connectivity index (χ2n) is 5.84. The predicted octanol–water partition coefficient (Wildman–Crippen LogP) is 2.51. The van der Waals surface area contributed by atoms with Gasteiger partial charge in [0.15, 0.2) is 0 Å². The van der Waals surface area contributed by atoms with Crippen molar-refractivity contribution < 1.29 is 9.78 Å². The van der Waals surface area contributed by atoms with E-state index in [0.717, 1.165) is 16.9 Å². The fourth-order valence-electron chi connectivity index (χ4n) is 2.61. The van der Waals surface area contributed by atoms with Crippen molar-refractivity contribution in [3.8, 4) is 0 Å². The fourth-order valence-corrected chi connectivity index (χ4v) is 2.61. The Bertz CT molecular complexity index is 862. The van der Waals surface area contributed by atoms with Crippen molar-refractivity contribution in [2.24, 2.45) is 0 Å². The molecule has 24 heavy (non-hydrogen) atoms. The molecule has 0 fully saturated rings. The molecule has 1 amide bonds. The van der Waals surface area contributed by atoms with Gasteiger partial charge in [-0.3, -0.25) is 15.1 Å². The van der Waals surface area contributed by atoms with Crippen molar-refractivity contribution in [1.82, 2.24) is 10.3 Å². The Morgan fingerprint density at radius 3 is 2.67 bits per heavy atom. The normalized spacial score (nSPS) is 10.6. The summed E-state index contributed by atoms with van der Waals surface area (Å²) in [4.78, 5) is 19.3. The molecule has 0 aliphatic rings. The van der Waals surface area contributed by atoms with Crippen LogP contribution in [0.1, 0.15) is 21.5 Å². The highest BCUT2D eigenvalue weighted by Crippen LogP contribution is 2.17. The molecule has 0 aliphatic heterocycles. The molecule has 3 rings (SSSR count). The van der Waals surface area contributed by atoms with Gasteiger partial charge in [0.1, 0.15) is 12.1 Å². The van der Waals surface area contributed by atoms with E-state index in [1.165, 1.54) is 10.9 Å². The van der Waals surface area contributed by atoms with E-state index in [9.17, 15) is 4.79 Å². The van der Waals surface area contributed by atoms with E-state index in [1.807, 2.05) is 0 Å². The molecule has 0 unspecified atom stereocenters. The highest BCUT2D eigenvalue weighted by molar-refractivity contribution is 5.93. The van der Waals surface area contributed by atoms with Gasteiger partial charge in [-0.05, 0) is 44.2 Å². The summed E-state index contributed by atoms with van der Waals surface area (Å²) >= 11 is 0. The molecule has 2 heterocycles. The number of fused-ring (bicyclic) bond motifs is 1. The standard InChI is InChI=1S/C19H20N4O/c1-13-3-4-17-16(11-13)12-14(2)18(23-17)21-9-10-22-19(24)15-5-7-20-8-6-15/h3-8,11-12H,9-10H2,1-2H3,(H,21,23)(H,22,24)/p+1. The number of hydrogen-bond acceptors (Lipinski definition) is 3. The number of carbonyl (C=O) groups excluding carboxylic acids is 1. The van der Waals surface area contributed by atoms with E-state index in [1.54, 1.807) is 24.5 Å². The van der Waals surface area contributed by atoms with Gasteiger partial charge < -0.3 is 5.32 Å². The molecule has 2 aromatic heterocycles. The summed E-state index contributed by atoms with van der Waals surface area (Å²) in [5, 5.41) is 7.43. The largest absolute Gasteiger partial charge is 0.348 e. The minimum Gasteiger partial charge on any atom is -0.348 e. The molecule has 0 saturated heterocycles. The number of benzene rings is 1. The van der Waals surface area contributed by atoms with Crippen molar-refractivity contribution in [1.29, 1.82) is 0 Å². The maximum atomic E-state index is 12.0. The Kier molecular flexibility index (Phi) is 4.70. The van der Waals surface area contributed by atoms with Crippen LogP contribution in [0.25, 0.3) is 10.9 Å². The number of nitrogens with zero attached hydrogens (tertiary/aromatic N) is 1. The van der Waals surface area contributed by atoms with E-state index < -0.39 is 0 Å². The number of aromatic nitrogens is 2. The molecule has 3 aromatic rings. The zero-order valence-corrected chi connectivity index (χ0v) is 13.9. The Morgan fingerprint density at radius 1 is 1.08 bits per heavy atom. The van der Waals surface area contributed by atoms with Gasteiger partial charge in [0.25, 0.3) is 11.7 Å². The quantitative estimate of drug-likeness (QED) is 0.710. The van der Waals surface area contributed by atoms with Crippen LogP contribution >= 0.6 is 0 Å². The molecule has 0 atom stereocenters. The van der Waals surface area contributed by atoms with Gasteiger partial charge in [-0.2, -0.15) is 0 Å². The van der Waals surface area contributed by atoms with Gasteiger partial charge in [0.05, 0.1) is 6.54 Å². The maximum Gasteiger partial charge on any atom is 0.275 e. The Hall–Kier alpha value is -2.95. The predicted molar refractivity (Wildman–Crippen MR) is 95.0 cm³/mol. The Balaban J connectivity index is 1.59. The van der Waals surface area contributed by atoms with E-state index in [4.69, 9.17) is 0 Å². The smallest absolute Gasteiger partial charge is 0.275 e. The van der Waals surface area contributed by atoms with Gasteiger partial charge >= 0.3 is 0 Å². The number of hydrogen-bond donors (Lipinski definition) is 2. The SMILES string of the molecule is Cc1ccc2[nH+]c(NCCNC(=O)c3ccncc3)c(C)cc2c1. The Morgan fingerprint density at radius 2 is 1.88 bits per heavy atom. The van der Waals surface area contributed by atoms with Crippen LogP contribution in [0.3, 0.4) is 0 Å². The lowest BCUT2D eigenvalue weighted by Crippen LogP contribution is -2.30. The summed E-state index contributed by atoms with van der Waals surface area (Å²) in [5.41, 5.74) is 4.10. The molecule has 0 radical (unpaired) electrons. The number of aryl methyl sites for hydroxylation is 2. The third kappa shape index (κ3) is 3.68. The summed E-state index contributed by atoms with van der Waals surface area (Å²) in [7, 11) is 0. The molecule has 0 bridgehead atoms. The number of nitrogens with one attached hydrogen (secondary N) is 3. The average Bonchev–Trinajstić information content (AvgIpc) is 2.59. The zero-order chi connectivity index (χ0) is 16.9. The molecule has 0 spiro atoms. The van der Waals surface area contributed by atoms with Gasteiger partial charge in [-0.1, -0.05) is 11.6 Å². The van der Waals surface area contributed by atoms with E-state index in [0.29, 0.717) is 18.7 Å². The van der Waals surface area contributed by atoms with Crippen molar-refractivity contribution in [2.75, 3.05) is 18.4 Å². The lowest BCUT2D eigenvalue weighted by molar-refractivity contribution is -0.327. The summed E-state index contributed by atoms with van der Waals surface area (Å²) in [6.07, 6.45) is 3.23. The van der Waals surface area contributed by atoms with Crippen LogP contribution in [0.15, 0.2) is 48.8 Å². The molecule has 5 nitrogen and oxygen atoms in total. The monoisotopic (exact) mass is 321 g/mol. The molecule has 0 aliphatic carbocycles. The first-order chi connectivity index (χ1) is 11.6. The van der Waals surface area contributed by atoms with Crippen LogP contribution in [0, 0.1) is 13.8 Å². The van der Waals surface area contributed by atoms with Crippen LogP contribution < -0.4 is 15.6 Å². The number of anilines is 1. The van der Waals surface area contributed by atoms with E-state index in [2.05, 4.69) is 58.7 Å². The molecular weight excluding hydrogens is 300 g/mol. The molecule has 1 aromatic carbocycles. The highest BCUT2D eigenvalue weighted by Gasteiger charge is 2.10. The van der Waals surface area contributed by atoms with Crippen LogP contribution in [0.2, 0.25) is 0 Å². The zero-order valence-electron chi connectivity index (χ0n) is 13.9. The first-order valence-corrected chi connectivity index (χ1v) is 7.99. The highest BCUT2D eigenvalue weighted by atomic mass is 16.1. The number of rotatable bonds is 5.